The number of rotatable bonds is 3. The predicted octanol–water partition coefficient (Wildman–Crippen LogP) is 1.95. The van der Waals surface area contributed by atoms with Gasteiger partial charge < -0.3 is 10.2 Å². The van der Waals surface area contributed by atoms with Crippen LogP contribution in [0.1, 0.15) is 19.8 Å². The summed E-state index contributed by atoms with van der Waals surface area (Å²) in [5.74, 6) is 0.542. The van der Waals surface area contributed by atoms with E-state index in [-0.39, 0.29) is 17.6 Å². The normalized spacial score (nSPS) is 22.3. The third-order valence-corrected chi connectivity index (χ3v) is 3.74. The van der Waals surface area contributed by atoms with Gasteiger partial charge in [-0.15, -0.1) is 0 Å². The molecule has 1 aromatic carbocycles. The SMILES string of the molecule is CC1CCNC(C(=O)N(C)c2ccc([N+](=O)[O-])cc2)C1. The summed E-state index contributed by atoms with van der Waals surface area (Å²) in [7, 11) is 1.70. The predicted molar refractivity (Wildman–Crippen MR) is 76.7 cm³/mol. The van der Waals surface area contributed by atoms with Gasteiger partial charge in [-0.1, -0.05) is 6.92 Å². The molecular weight excluding hydrogens is 258 g/mol. The van der Waals surface area contributed by atoms with Crippen LogP contribution in [0.15, 0.2) is 24.3 Å². The fourth-order valence-corrected chi connectivity index (χ4v) is 2.45. The number of nitro benzene ring substituents is 1. The summed E-state index contributed by atoms with van der Waals surface area (Å²) in [4.78, 5) is 24.1. The maximum atomic E-state index is 12.4. The van der Waals surface area contributed by atoms with Gasteiger partial charge >= 0.3 is 0 Å². The molecule has 108 valence electrons. The zero-order valence-corrected chi connectivity index (χ0v) is 11.7. The summed E-state index contributed by atoms with van der Waals surface area (Å²) in [6.45, 7) is 3.00. The van der Waals surface area contributed by atoms with Crippen LogP contribution in [0, 0.1) is 16.0 Å². The maximum Gasteiger partial charge on any atom is 0.269 e. The Balaban J connectivity index is 2.07. The number of benzene rings is 1. The highest BCUT2D eigenvalue weighted by molar-refractivity contribution is 5.96. The van der Waals surface area contributed by atoms with Gasteiger partial charge in [0, 0.05) is 24.9 Å². The molecule has 1 aromatic rings. The number of amides is 1. The van der Waals surface area contributed by atoms with Gasteiger partial charge in [0.25, 0.3) is 5.69 Å². The van der Waals surface area contributed by atoms with Crippen LogP contribution in [0.2, 0.25) is 0 Å². The lowest BCUT2D eigenvalue weighted by Gasteiger charge is -2.30. The summed E-state index contributed by atoms with van der Waals surface area (Å²) in [6.07, 6.45) is 1.92. The van der Waals surface area contributed by atoms with Gasteiger partial charge in [0.1, 0.15) is 0 Å². The van der Waals surface area contributed by atoms with E-state index in [1.807, 2.05) is 0 Å². The molecule has 0 bridgehead atoms. The van der Waals surface area contributed by atoms with Gasteiger partial charge in [-0.25, -0.2) is 0 Å². The number of nitrogens with one attached hydrogen (secondary N) is 1. The van der Waals surface area contributed by atoms with E-state index in [9.17, 15) is 14.9 Å². The van der Waals surface area contributed by atoms with Gasteiger partial charge in [0.05, 0.1) is 11.0 Å². The molecule has 6 nitrogen and oxygen atoms in total. The van der Waals surface area contributed by atoms with Crippen LogP contribution in [-0.2, 0) is 4.79 Å². The highest BCUT2D eigenvalue weighted by Gasteiger charge is 2.27. The highest BCUT2D eigenvalue weighted by Crippen LogP contribution is 2.21. The van der Waals surface area contributed by atoms with E-state index in [0.29, 0.717) is 11.6 Å². The van der Waals surface area contributed by atoms with Crippen molar-refractivity contribution in [2.24, 2.45) is 5.92 Å². The Morgan fingerprint density at radius 1 is 1.40 bits per heavy atom. The lowest BCUT2D eigenvalue weighted by Crippen LogP contribution is -2.49. The van der Waals surface area contributed by atoms with Gasteiger partial charge in [0.15, 0.2) is 0 Å². The number of carbonyl (C=O) groups excluding carboxylic acids is 1. The van der Waals surface area contributed by atoms with E-state index in [1.165, 1.54) is 12.1 Å². The number of likely N-dealkylation sites (N-methyl/N-ethyl adjacent to an activating group) is 1. The van der Waals surface area contributed by atoms with Gasteiger partial charge in [0.2, 0.25) is 5.91 Å². The van der Waals surface area contributed by atoms with Crippen molar-refractivity contribution in [1.29, 1.82) is 0 Å². The third-order valence-electron chi connectivity index (χ3n) is 3.74. The molecule has 1 aliphatic heterocycles. The number of non-ortho nitro benzene ring substituents is 1. The zero-order chi connectivity index (χ0) is 14.7. The lowest BCUT2D eigenvalue weighted by atomic mass is 9.93. The van der Waals surface area contributed by atoms with Gasteiger partial charge in [-0.3, -0.25) is 14.9 Å². The standard InChI is InChI=1S/C14H19N3O3/c1-10-7-8-15-13(9-10)14(18)16(2)11-3-5-12(6-4-11)17(19)20/h3-6,10,13,15H,7-9H2,1-2H3. The molecule has 1 amide bonds. The number of carbonyl (C=O) groups is 1. The summed E-state index contributed by atoms with van der Waals surface area (Å²) in [5.41, 5.74) is 0.694. The van der Waals surface area contributed by atoms with Crippen LogP contribution in [0.25, 0.3) is 0 Å². The average molecular weight is 277 g/mol. The lowest BCUT2D eigenvalue weighted by molar-refractivity contribution is -0.384. The Morgan fingerprint density at radius 2 is 2.05 bits per heavy atom. The molecule has 0 radical (unpaired) electrons. The number of hydrogen-bond donors (Lipinski definition) is 1. The van der Waals surface area contributed by atoms with Crippen LogP contribution in [-0.4, -0.2) is 30.5 Å². The Kier molecular flexibility index (Phi) is 4.34. The summed E-state index contributed by atoms with van der Waals surface area (Å²) in [6, 6.07) is 5.86. The van der Waals surface area contributed by atoms with Crippen molar-refractivity contribution in [3.63, 3.8) is 0 Å². The maximum absolute atomic E-state index is 12.4. The summed E-state index contributed by atoms with van der Waals surface area (Å²) in [5, 5.41) is 13.8. The van der Waals surface area contributed by atoms with Crippen LogP contribution >= 0.6 is 0 Å². The second kappa shape index (κ2) is 6.00. The van der Waals surface area contributed by atoms with E-state index in [2.05, 4.69) is 12.2 Å². The second-order valence-corrected chi connectivity index (χ2v) is 5.31. The average Bonchev–Trinajstić information content (AvgIpc) is 2.46. The van der Waals surface area contributed by atoms with Crippen molar-refractivity contribution in [3.8, 4) is 0 Å². The molecule has 6 heteroatoms. The number of anilines is 1. The largest absolute Gasteiger partial charge is 0.314 e. The molecule has 2 atom stereocenters. The molecule has 1 saturated heterocycles. The molecule has 0 aromatic heterocycles. The summed E-state index contributed by atoms with van der Waals surface area (Å²) >= 11 is 0. The monoisotopic (exact) mass is 277 g/mol. The molecule has 0 aliphatic carbocycles. The van der Waals surface area contributed by atoms with E-state index >= 15 is 0 Å². The van der Waals surface area contributed by atoms with E-state index in [1.54, 1.807) is 24.1 Å². The molecule has 20 heavy (non-hydrogen) atoms. The molecule has 0 spiro atoms. The van der Waals surface area contributed by atoms with Crippen molar-refractivity contribution in [3.05, 3.63) is 34.4 Å². The smallest absolute Gasteiger partial charge is 0.269 e. The molecule has 1 fully saturated rings. The molecule has 1 aliphatic rings. The second-order valence-electron chi connectivity index (χ2n) is 5.31. The Labute approximate surface area is 117 Å². The van der Waals surface area contributed by atoms with Crippen molar-refractivity contribution >= 4 is 17.3 Å². The third kappa shape index (κ3) is 3.14. The first-order valence-corrected chi connectivity index (χ1v) is 6.74. The highest BCUT2D eigenvalue weighted by atomic mass is 16.6. The van der Waals surface area contributed by atoms with Gasteiger partial charge in [-0.05, 0) is 37.4 Å². The van der Waals surface area contributed by atoms with Crippen molar-refractivity contribution in [2.45, 2.75) is 25.8 Å². The van der Waals surface area contributed by atoms with Crippen LogP contribution in [0.5, 0.6) is 0 Å². The van der Waals surface area contributed by atoms with Crippen molar-refractivity contribution < 1.29 is 9.72 Å². The topological polar surface area (TPSA) is 75.5 Å². The molecule has 2 rings (SSSR count). The first-order chi connectivity index (χ1) is 9.49. The quantitative estimate of drug-likeness (QED) is 0.676. The number of nitrogens with zero attached hydrogens (tertiary/aromatic N) is 2. The fourth-order valence-electron chi connectivity index (χ4n) is 2.45. The van der Waals surface area contributed by atoms with E-state index in [4.69, 9.17) is 0 Å². The summed E-state index contributed by atoms with van der Waals surface area (Å²) < 4.78 is 0. The first-order valence-electron chi connectivity index (χ1n) is 6.74. The molecule has 2 unspecified atom stereocenters. The molecule has 1 N–H and O–H groups in total. The fraction of sp³-hybridized carbons (Fsp3) is 0.500. The Bertz CT molecular complexity index is 501. The van der Waals surface area contributed by atoms with E-state index < -0.39 is 4.92 Å². The Hall–Kier alpha value is -1.95. The minimum Gasteiger partial charge on any atom is -0.314 e. The number of hydrogen-bond acceptors (Lipinski definition) is 4. The number of piperidine rings is 1. The molecule has 1 heterocycles. The molecular formula is C14H19N3O3. The molecule has 0 saturated carbocycles. The Morgan fingerprint density at radius 3 is 2.60 bits per heavy atom. The van der Waals surface area contributed by atoms with Crippen LogP contribution in [0.3, 0.4) is 0 Å². The first kappa shape index (κ1) is 14.5. The van der Waals surface area contributed by atoms with Crippen LogP contribution in [0.4, 0.5) is 11.4 Å². The van der Waals surface area contributed by atoms with Crippen LogP contribution < -0.4 is 10.2 Å². The minimum absolute atomic E-state index is 0.00500. The van der Waals surface area contributed by atoms with Crippen molar-refractivity contribution in [2.75, 3.05) is 18.5 Å². The van der Waals surface area contributed by atoms with Crippen molar-refractivity contribution in [1.82, 2.24) is 5.32 Å². The van der Waals surface area contributed by atoms with Gasteiger partial charge in [-0.2, -0.15) is 0 Å². The minimum atomic E-state index is -0.448. The van der Waals surface area contributed by atoms with E-state index in [0.717, 1.165) is 19.4 Å². The zero-order valence-electron chi connectivity index (χ0n) is 11.7. The number of nitro groups is 1.